The highest BCUT2D eigenvalue weighted by atomic mass is 16.7. The summed E-state index contributed by atoms with van der Waals surface area (Å²) < 4.78 is 11.1. The topological polar surface area (TPSA) is 169 Å². The minimum absolute atomic E-state index is 0.292. The fraction of sp³-hybridized carbons (Fsp3) is 0.812. The maximum atomic E-state index is 13.0. The molecule has 7 N–H and O–H groups in total. The van der Waals surface area contributed by atoms with Gasteiger partial charge in [-0.25, -0.2) is 0 Å². The SMILES string of the molecule is CCCCCCCC/C=C\CCCCCCCCC(O)C(=O)NC(COC1OC(CO)C(O)C(O)C1O)C(O)/C=C/CC/C=C/CC/C=C/CCCCCCCCC. The summed E-state index contributed by atoms with van der Waals surface area (Å²) in [7, 11) is 0. The molecule has 0 radical (unpaired) electrons. The van der Waals surface area contributed by atoms with Gasteiger partial charge in [-0.2, -0.15) is 0 Å². The number of aliphatic hydroxyl groups excluding tert-OH is 6. The standard InChI is InChI=1S/C48H87NO9/c1-3-5-7-9-11-13-15-17-19-21-23-24-26-28-30-32-34-36-41(51)40(39-57-48-46(55)45(54)44(53)43(38-50)58-48)49-47(56)42(52)37-35-33-31-29-27-25-22-20-18-16-14-12-10-8-6-4-2/h18-21,26,28,34,36,40-46,48,50-55H,3-17,22-25,27,29-33,35,37-39H2,1-2H3,(H,49,56)/b20-18-,21-19+,28-26+,36-34+. The van der Waals surface area contributed by atoms with Crippen molar-refractivity contribution in [3.8, 4) is 0 Å². The zero-order valence-corrected chi connectivity index (χ0v) is 36.7. The summed E-state index contributed by atoms with van der Waals surface area (Å²) in [5.41, 5.74) is 0. The van der Waals surface area contributed by atoms with E-state index in [1.165, 1.54) is 103 Å². The largest absolute Gasteiger partial charge is 0.394 e. The Hall–Kier alpha value is -1.89. The molecule has 338 valence electrons. The maximum absolute atomic E-state index is 13.0. The molecule has 1 heterocycles. The molecule has 0 aliphatic carbocycles. The lowest BCUT2D eigenvalue weighted by Crippen LogP contribution is -2.60. The number of nitrogens with one attached hydrogen (secondary N) is 1. The second kappa shape index (κ2) is 38.1. The van der Waals surface area contributed by atoms with Crippen molar-refractivity contribution in [2.75, 3.05) is 13.2 Å². The molecule has 1 rings (SSSR count). The van der Waals surface area contributed by atoms with Crippen LogP contribution in [-0.2, 0) is 14.3 Å². The zero-order valence-electron chi connectivity index (χ0n) is 36.7. The average molecular weight is 822 g/mol. The van der Waals surface area contributed by atoms with Crippen LogP contribution in [0, 0.1) is 0 Å². The highest BCUT2D eigenvalue weighted by Gasteiger charge is 2.44. The molecule has 8 unspecified atom stereocenters. The van der Waals surface area contributed by atoms with Crippen LogP contribution in [0.25, 0.3) is 0 Å². The van der Waals surface area contributed by atoms with Gasteiger partial charge in [0.2, 0.25) is 5.91 Å². The van der Waals surface area contributed by atoms with Crippen molar-refractivity contribution >= 4 is 5.91 Å². The van der Waals surface area contributed by atoms with Crippen LogP contribution in [0.5, 0.6) is 0 Å². The number of allylic oxidation sites excluding steroid dienone is 7. The average Bonchev–Trinajstić information content (AvgIpc) is 3.22. The second-order valence-corrected chi connectivity index (χ2v) is 16.3. The van der Waals surface area contributed by atoms with Gasteiger partial charge in [0.1, 0.15) is 30.5 Å². The van der Waals surface area contributed by atoms with E-state index >= 15 is 0 Å². The number of ether oxygens (including phenoxy) is 2. The second-order valence-electron chi connectivity index (χ2n) is 16.3. The van der Waals surface area contributed by atoms with Crippen LogP contribution < -0.4 is 5.32 Å². The summed E-state index contributed by atoms with van der Waals surface area (Å²) in [4.78, 5) is 13.0. The number of rotatable bonds is 38. The van der Waals surface area contributed by atoms with Crippen LogP contribution in [0.2, 0.25) is 0 Å². The molecule has 1 aliphatic heterocycles. The van der Waals surface area contributed by atoms with E-state index in [1.807, 2.05) is 6.08 Å². The Bertz CT molecular complexity index is 1060. The van der Waals surface area contributed by atoms with E-state index in [9.17, 15) is 35.4 Å². The smallest absolute Gasteiger partial charge is 0.249 e. The Labute approximate surface area is 353 Å². The van der Waals surface area contributed by atoms with E-state index < -0.39 is 61.5 Å². The van der Waals surface area contributed by atoms with Gasteiger partial charge in [-0.3, -0.25) is 4.79 Å². The molecule has 10 heteroatoms. The van der Waals surface area contributed by atoms with Crippen molar-refractivity contribution in [3.05, 3.63) is 48.6 Å². The molecule has 1 amide bonds. The Kier molecular flexibility index (Phi) is 35.5. The summed E-state index contributed by atoms with van der Waals surface area (Å²) in [5.74, 6) is -0.637. The summed E-state index contributed by atoms with van der Waals surface area (Å²) in [5, 5.41) is 64.6. The molecule has 0 aromatic heterocycles. The van der Waals surface area contributed by atoms with Crippen LogP contribution in [-0.4, -0.2) is 98.7 Å². The number of unbranched alkanes of at least 4 members (excludes halogenated alkanes) is 21. The molecule has 0 saturated carbocycles. The molecular formula is C48H87NO9. The van der Waals surface area contributed by atoms with Gasteiger partial charge in [-0.05, 0) is 70.6 Å². The molecule has 8 atom stereocenters. The van der Waals surface area contributed by atoms with Crippen molar-refractivity contribution in [2.24, 2.45) is 0 Å². The Morgan fingerprint density at radius 1 is 0.586 bits per heavy atom. The first-order valence-electron chi connectivity index (χ1n) is 23.5. The van der Waals surface area contributed by atoms with Gasteiger partial charge < -0.3 is 45.4 Å². The van der Waals surface area contributed by atoms with Crippen molar-refractivity contribution < 1.29 is 44.9 Å². The maximum Gasteiger partial charge on any atom is 0.249 e. The minimum Gasteiger partial charge on any atom is -0.394 e. The highest BCUT2D eigenvalue weighted by Crippen LogP contribution is 2.22. The fourth-order valence-corrected chi connectivity index (χ4v) is 7.07. The number of aliphatic hydroxyl groups is 6. The Morgan fingerprint density at radius 3 is 1.50 bits per heavy atom. The van der Waals surface area contributed by atoms with E-state index in [4.69, 9.17) is 9.47 Å². The third-order valence-corrected chi connectivity index (χ3v) is 11.0. The molecule has 0 bridgehead atoms. The monoisotopic (exact) mass is 822 g/mol. The van der Waals surface area contributed by atoms with E-state index in [2.05, 4.69) is 55.6 Å². The van der Waals surface area contributed by atoms with Crippen molar-refractivity contribution in [2.45, 2.75) is 236 Å². The van der Waals surface area contributed by atoms with Gasteiger partial charge in [0, 0.05) is 0 Å². The first kappa shape index (κ1) is 54.1. The zero-order chi connectivity index (χ0) is 42.5. The predicted molar refractivity (Wildman–Crippen MR) is 236 cm³/mol. The summed E-state index contributed by atoms with van der Waals surface area (Å²) in [6.07, 6.45) is 37.6. The first-order chi connectivity index (χ1) is 28.3. The molecule has 0 spiro atoms. The van der Waals surface area contributed by atoms with Gasteiger partial charge >= 0.3 is 0 Å². The Balaban J connectivity index is 2.46. The van der Waals surface area contributed by atoms with Crippen molar-refractivity contribution in [3.63, 3.8) is 0 Å². The first-order valence-corrected chi connectivity index (χ1v) is 23.5. The van der Waals surface area contributed by atoms with Crippen LogP contribution in [0.4, 0.5) is 0 Å². The number of hydrogen-bond acceptors (Lipinski definition) is 9. The Morgan fingerprint density at radius 2 is 1.02 bits per heavy atom. The number of hydrogen-bond donors (Lipinski definition) is 7. The van der Waals surface area contributed by atoms with E-state index in [1.54, 1.807) is 6.08 Å². The highest BCUT2D eigenvalue weighted by molar-refractivity contribution is 5.80. The third kappa shape index (κ3) is 27.8. The lowest BCUT2D eigenvalue weighted by molar-refractivity contribution is -0.302. The van der Waals surface area contributed by atoms with Gasteiger partial charge in [0.05, 0.1) is 25.4 Å². The molecule has 58 heavy (non-hydrogen) atoms. The van der Waals surface area contributed by atoms with Gasteiger partial charge in [0.15, 0.2) is 6.29 Å². The number of carbonyl (C=O) groups excluding carboxylic acids is 1. The van der Waals surface area contributed by atoms with E-state index in [0.717, 1.165) is 51.4 Å². The molecule has 0 aromatic rings. The van der Waals surface area contributed by atoms with Crippen LogP contribution >= 0.6 is 0 Å². The van der Waals surface area contributed by atoms with Gasteiger partial charge in [0.25, 0.3) is 0 Å². The summed E-state index contributed by atoms with van der Waals surface area (Å²) in [6, 6.07) is -1.01. The molecule has 0 aromatic carbocycles. The molecular weight excluding hydrogens is 735 g/mol. The third-order valence-electron chi connectivity index (χ3n) is 11.0. The van der Waals surface area contributed by atoms with Crippen molar-refractivity contribution in [1.29, 1.82) is 0 Å². The quantitative estimate of drug-likeness (QED) is 0.0238. The van der Waals surface area contributed by atoms with Gasteiger partial charge in [-0.1, -0.05) is 165 Å². The lowest BCUT2D eigenvalue weighted by Gasteiger charge is -2.40. The van der Waals surface area contributed by atoms with Gasteiger partial charge in [-0.15, -0.1) is 0 Å². The summed E-state index contributed by atoms with van der Waals surface area (Å²) in [6.45, 7) is 3.56. The predicted octanol–water partition coefficient (Wildman–Crippen LogP) is 8.81. The number of carbonyl (C=O) groups is 1. The van der Waals surface area contributed by atoms with Crippen molar-refractivity contribution in [1.82, 2.24) is 5.32 Å². The molecule has 1 aliphatic rings. The normalized spacial score (nSPS) is 21.8. The van der Waals surface area contributed by atoms with E-state index in [-0.39, 0.29) is 6.61 Å². The molecule has 1 saturated heterocycles. The minimum atomic E-state index is -1.62. The van der Waals surface area contributed by atoms with Crippen LogP contribution in [0.15, 0.2) is 48.6 Å². The molecule has 10 nitrogen and oxygen atoms in total. The lowest BCUT2D eigenvalue weighted by atomic mass is 9.99. The summed E-state index contributed by atoms with van der Waals surface area (Å²) >= 11 is 0. The van der Waals surface area contributed by atoms with Crippen LogP contribution in [0.1, 0.15) is 187 Å². The fourth-order valence-electron chi connectivity index (χ4n) is 7.07. The van der Waals surface area contributed by atoms with Crippen LogP contribution in [0.3, 0.4) is 0 Å². The van der Waals surface area contributed by atoms with E-state index in [0.29, 0.717) is 19.3 Å². The molecule has 1 fully saturated rings. The number of amides is 1.